The summed E-state index contributed by atoms with van der Waals surface area (Å²) in [5, 5.41) is 2.82. The van der Waals surface area contributed by atoms with E-state index in [0.717, 1.165) is 20.5 Å². The zero-order chi connectivity index (χ0) is 18.5. The predicted molar refractivity (Wildman–Crippen MR) is 105 cm³/mol. The minimum atomic E-state index is -1.21. The van der Waals surface area contributed by atoms with E-state index in [4.69, 9.17) is 4.42 Å². The summed E-state index contributed by atoms with van der Waals surface area (Å²) in [6, 6.07) is 18.6. The lowest BCUT2D eigenvalue weighted by Crippen LogP contribution is -2.22. The summed E-state index contributed by atoms with van der Waals surface area (Å²) >= 11 is 3.40. The molecule has 1 aromatic heterocycles. The molecule has 0 fully saturated rings. The van der Waals surface area contributed by atoms with Gasteiger partial charge in [0, 0.05) is 15.9 Å². The van der Waals surface area contributed by atoms with Crippen molar-refractivity contribution in [2.45, 2.75) is 24.1 Å². The molecule has 0 radical (unpaired) electrons. The third-order valence-corrected chi connectivity index (χ3v) is 5.57. The normalized spacial score (nSPS) is 11.9. The van der Waals surface area contributed by atoms with Gasteiger partial charge in [0.25, 0.3) is 5.91 Å². The van der Waals surface area contributed by atoms with Crippen molar-refractivity contribution in [1.82, 2.24) is 5.32 Å². The number of hydrogen-bond donors (Lipinski definition) is 1. The summed E-state index contributed by atoms with van der Waals surface area (Å²) in [6.45, 7) is 2.37. The Hall–Kier alpha value is -2.18. The van der Waals surface area contributed by atoms with E-state index in [1.807, 2.05) is 55.5 Å². The molecule has 26 heavy (non-hydrogen) atoms. The molecule has 3 rings (SSSR count). The van der Waals surface area contributed by atoms with E-state index in [1.54, 1.807) is 12.1 Å². The zero-order valence-corrected chi connectivity index (χ0v) is 16.6. The highest BCUT2D eigenvalue weighted by Crippen LogP contribution is 2.16. The Bertz CT molecular complexity index is 951. The third-order valence-electron chi connectivity index (χ3n) is 3.75. The van der Waals surface area contributed by atoms with Crippen molar-refractivity contribution in [2.75, 3.05) is 0 Å². The largest absolute Gasteiger partial charge is 0.455 e. The van der Waals surface area contributed by atoms with Crippen LogP contribution in [0.25, 0.3) is 0 Å². The summed E-state index contributed by atoms with van der Waals surface area (Å²) in [7, 11) is -1.21. The van der Waals surface area contributed by atoms with Gasteiger partial charge in [0.05, 0.1) is 16.6 Å². The fraction of sp³-hybridized carbons (Fsp3) is 0.150. The van der Waals surface area contributed by atoms with Crippen LogP contribution in [0, 0.1) is 6.92 Å². The number of hydrogen-bond acceptors (Lipinski definition) is 3. The minimum Gasteiger partial charge on any atom is -0.455 e. The average Bonchev–Trinajstić information content (AvgIpc) is 3.08. The van der Waals surface area contributed by atoms with Crippen LogP contribution in [-0.4, -0.2) is 10.1 Å². The summed E-state index contributed by atoms with van der Waals surface area (Å²) < 4.78 is 19.0. The van der Waals surface area contributed by atoms with E-state index in [-0.39, 0.29) is 17.4 Å². The van der Waals surface area contributed by atoms with Crippen molar-refractivity contribution in [2.24, 2.45) is 0 Å². The maximum absolute atomic E-state index is 12.4. The lowest BCUT2D eigenvalue weighted by Gasteiger charge is -2.04. The molecule has 0 bridgehead atoms. The van der Waals surface area contributed by atoms with Crippen LogP contribution >= 0.6 is 15.9 Å². The van der Waals surface area contributed by atoms with Gasteiger partial charge < -0.3 is 9.73 Å². The number of carbonyl (C=O) groups is 1. The van der Waals surface area contributed by atoms with Crippen molar-refractivity contribution in [3.63, 3.8) is 0 Å². The molecule has 0 aliphatic heterocycles. The van der Waals surface area contributed by atoms with Crippen LogP contribution in [-0.2, 0) is 23.1 Å². The van der Waals surface area contributed by atoms with Gasteiger partial charge in [-0.3, -0.25) is 9.00 Å². The average molecular weight is 432 g/mol. The second kappa shape index (κ2) is 8.47. The monoisotopic (exact) mass is 431 g/mol. The molecule has 0 spiro atoms. The van der Waals surface area contributed by atoms with E-state index in [2.05, 4.69) is 21.2 Å². The van der Waals surface area contributed by atoms with Crippen LogP contribution in [0.3, 0.4) is 0 Å². The fourth-order valence-corrected chi connectivity index (χ4v) is 4.04. The number of nitrogens with one attached hydrogen (secondary N) is 1. The molecule has 1 heterocycles. The van der Waals surface area contributed by atoms with Crippen LogP contribution in [0.2, 0.25) is 0 Å². The van der Waals surface area contributed by atoms with Crippen molar-refractivity contribution in [3.05, 3.63) is 87.8 Å². The Kier molecular flexibility index (Phi) is 6.06. The highest BCUT2D eigenvalue weighted by Gasteiger charge is 2.13. The molecule has 1 N–H and O–H groups in total. The Morgan fingerprint density at radius 1 is 1.12 bits per heavy atom. The van der Waals surface area contributed by atoms with Crippen molar-refractivity contribution in [1.29, 1.82) is 0 Å². The molecule has 1 atom stereocenters. The number of benzene rings is 2. The number of carbonyl (C=O) groups excluding carboxylic acids is 1. The molecule has 0 saturated heterocycles. The Balaban J connectivity index is 1.60. The summed E-state index contributed by atoms with van der Waals surface area (Å²) in [6.07, 6.45) is 0. The van der Waals surface area contributed by atoms with E-state index in [1.165, 1.54) is 0 Å². The van der Waals surface area contributed by atoms with E-state index in [9.17, 15) is 9.00 Å². The molecule has 0 aliphatic rings. The lowest BCUT2D eigenvalue weighted by atomic mass is 10.2. The quantitative estimate of drug-likeness (QED) is 0.620. The number of halogens is 1. The van der Waals surface area contributed by atoms with Gasteiger partial charge in [0.2, 0.25) is 0 Å². The van der Waals surface area contributed by atoms with Gasteiger partial charge in [-0.05, 0) is 54.4 Å². The lowest BCUT2D eigenvalue weighted by molar-refractivity contribution is 0.0921. The summed E-state index contributed by atoms with van der Waals surface area (Å²) in [5.41, 5.74) is 2.04. The highest BCUT2D eigenvalue weighted by molar-refractivity contribution is 9.10. The van der Waals surface area contributed by atoms with Gasteiger partial charge in [-0.2, -0.15) is 0 Å². The number of amides is 1. The number of rotatable bonds is 6. The first kappa shape index (κ1) is 18.6. The number of aryl methyl sites for hydroxylation is 1. The topological polar surface area (TPSA) is 59.3 Å². The van der Waals surface area contributed by atoms with Crippen LogP contribution in [0.15, 0.2) is 74.4 Å². The van der Waals surface area contributed by atoms with Gasteiger partial charge in [-0.15, -0.1) is 0 Å². The van der Waals surface area contributed by atoms with Crippen LogP contribution in [0.4, 0.5) is 0 Å². The van der Waals surface area contributed by atoms with Crippen LogP contribution in [0.1, 0.15) is 27.4 Å². The third kappa shape index (κ3) is 4.93. The number of furan rings is 1. The summed E-state index contributed by atoms with van der Waals surface area (Å²) in [4.78, 5) is 13.0. The second-order valence-electron chi connectivity index (χ2n) is 5.88. The van der Waals surface area contributed by atoms with Gasteiger partial charge >= 0.3 is 0 Å². The predicted octanol–water partition coefficient (Wildman–Crippen LogP) is 4.59. The highest BCUT2D eigenvalue weighted by atomic mass is 79.9. The standard InChI is InChI=1S/C20H18BrNO3S/c1-14-4-2-7-18(10-14)26(24)13-17-8-9-19(25-17)20(23)22-12-15-5-3-6-16(21)11-15/h2-11H,12-13H2,1H3,(H,22,23). The van der Waals surface area contributed by atoms with E-state index >= 15 is 0 Å². The smallest absolute Gasteiger partial charge is 0.287 e. The molecule has 1 unspecified atom stereocenters. The molecule has 4 nitrogen and oxygen atoms in total. The Labute approximate surface area is 163 Å². The van der Waals surface area contributed by atoms with E-state index < -0.39 is 10.8 Å². The van der Waals surface area contributed by atoms with Crippen LogP contribution in [0.5, 0.6) is 0 Å². The summed E-state index contributed by atoms with van der Waals surface area (Å²) in [5.74, 6) is 0.689. The maximum atomic E-state index is 12.4. The SMILES string of the molecule is Cc1cccc(S(=O)Cc2ccc(C(=O)NCc3cccc(Br)c3)o2)c1. The second-order valence-corrected chi connectivity index (χ2v) is 8.25. The van der Waals surface area contributed by atoms with Crippen LogP contribution < -0.4 is 5.32 Å². The Morgan fingerprint density at radius 3 is 2.69 bits per heavy atom. The fourth-order valence-electron chi connectivity index (χ4n) is 2.46. The van der Waals surface area contributed by atoms with Gasteiger partial charge in [-0.25, -0.2) is 0 Å². The maximum Gasteiger partial charge on any atom is 0.287 e. The molecule has 0 aliphatic carbocycles. The molecule has 1 amide bonds. The molecule has 6 heteroatoms. The van der Waals surface area contributed by atoms with Gasteiger partial charge in [-0.1, -0.05) is 40.2 Å². The van der Waals surface area contributed by atoms with Gasteiger partial charge in [0.15, 0.2) is 5.76 Å². The van der Waals surface area contributed by atoms with Crippen molar-refractivity contribution >= 4 is 32.6 Å². The molecular formula is C20H18BrNO3S. The molecule has 0 saturated carbocycles. The van der Waals surface area contributed by atoms with Gasteiger partial charge in [0.1, 0.15) is 5.76 Å². The van der Waals surface area contributed by atoms with E-state index in [0.29, 0.717) is 12.3 Å². The zero-order valence-electron chi connectivity index (χ0n) is 14.2. The first-order valence-electron chi connectivity index (χ1n) is 8.07. The minimum absolute atomic E-state index is 0.219. The molecule has 2 aromatic carbocycles. The Morgan fingerprint density at radius 2 is 1.92 bits per heavy atom. The molecule has 134 valence electrons. The molecular weight excluding hydrogens is 414 g/mol. The van der Waals surface area contributed by atoms with Crippen molar-refractivity contribution < 1.29 is 13.4 Å². The first-order valence-corrected chi connectivity index (χ1v) is 10.2. The van der Waals surface area contributed by atoms with Crippen molar-refractivity contribution in [3.8, 4) is 0 Å². The molecule has 3 aromatic rings. The first-order chi connectivity index (χ1) is 12.5.